The Balaban J connectivity index is 1.33. The standard InChI is InChI=1S/C27H31N3O2/c1-32-25-15-9-8-14-24(25)20-28-26(31)21-29-16-18-30(19-17-29)27(22-10-4-2-5-11-22)23-12-6-3-7-13-23/h2-15,27H,16-21H2,1H3,(H,28,31). The number of carbonyl (C=O) groups excluding carboxylic acids is 1. The van der Waals surface area contributed by atoms with Crippen molar-refractivity contribution in [1.82, 2.24) is 15.1 Å². The third kappa shape index (κ3) is 5.55. The van der Waals surface area contributed by atoms with E-state index in [9.17, 15) is 4.79 Å². The molecule has 1 amide bonds. The van der Waals surface area contributed by atoms with E-state index < -0.39 is 0 Å². The van der Waals surface area contributed by atoms with Crippen molar-refractivity contribution >= 4 is 5.91 Å². The molecule has 0 aliphatic carbocycles. The van der Waals surface area contributed by atoms with Gasteiger partial charge in [0, 0.05) is 38.3 Å². The van der Waals surface area contributed by atoms with Crippen LogP contribution in [-0.2, 0) is 11.3 Å². The monoisotopic (exact) mass is 429 g/mol. The molecule has 166 valence electrons. The van der Waals surface area contributed by atoms with E-state index in [2.05, 4.69) is 75.8 Å². The molecule has 1 aliphatic rings. The second kappa shape index (κ2) is 10.9. The number of benzene rings is 3. The summed E-state index contributed by atoms with van der Waals surface area (Å²) in [5, 5.41) is 3.03. The third-order valence-electron chi connectivity index (χ3n) is 6.04. The van der Waals surface area contributed by atoms with Crippen LogP contribution in [0.3, 0.4) is 0 Å². The van der Waals surface area contributed by atoms with E-state index in [-0.39, 0.29) is 11.9 Å². The molecule has 0 saturated carbocycles. The summed E-state index contributed by atoms with van der Waals surface area (Å²) in [7, 11) is 1.65. The van der Waals surface area contributed by atoms with Gasteiger partial charge in [-0.25, -0.2) is 0 Å². The molecule has 32 heavy (non-hydrogen) atoms. The summed E-state index contributed by atoms with van der Waals surface area (Å²) in [6.45, 7) is 4.50. The highest BCUT2D eigenvalue weighted by Gasteiger charge is 2.27. The highest BCUT2D eigenvalue weighted by Crippen LogP contribution is 2.29. The summed E-state index contributed by atoms with van der Waals surface area (Å²) in [4.78, 5) is 17.3. The van der Waals surface area contributed by atoms with Crippen molar-refractivity contribution in [1.29, 1.82) is 0 Å². The normalized spacial score (nSPS) is 14.9. The number of hydrogen-bond acceptors (Lipinski definition) is 4. The highest BCUT2D eigenvalue weighted by atomic mass is 16.5. The van der Waals surface area contributed by atoms with Crippen LogP contribution < -0.4 is 10.1 Å². The Bertz CT molecular complexity index is 947. The van der Waals surface area contributed by atoms with Gasteiger partial charge in [0.2, 0.25) is 5.91 Å². The molecule has 5 heteroatoms. The van der Waals surface area contributed by atoms with Crippen LogP contribution in [0.25, 0.3) is 0 Å². The molecule has 1 saturated heterocycles. The Morgan fingerprint density at radius 1 is 0.844 bits per heavy atom. The molecule has 0 bridgehead atoms. The third-order valence-corrected chi connectivity index (χ3v) is 6.04. The fourth-order valence-corrected chi connectivity index (χ4v) is 4.37. The van der Waals surface area contributed by atoms with Crippen molar-refractivity contribution in [3.05, 3.63) is 102 Å². The Labute approximate surface area is 190 Å². The van der Waals surface area contributed by atoms with Crippen LogP contribution in [0, 0.1) is 0 Å². The molecule has 3 aromatic carbocycles. The van der Waals surface area contributed by atoms with E-state index in [0.717, 1.165) is 37.5 Å². The predicted molar refractivity (Wildman–Crippen MR) is 128 cm³/mol. The minimum Gasteiger partial charge on any atom is -0.496 e. The molecule has 5 nitrogen and oxygen atoms in total. The lowest BCUT2D eigenvalue weighted by atomic mass is 9.96. The van der Waals surface area contributed by atoms with Gasteiger partial charge in [0.25, 0.3) is 0 Å². The first kappa shape index (κ1) is 22.1. The maximum absolute atomic E-state index is 12.5. The fourth-order valence-electron chi connectivity index (χ4n) is 4.37. The first-order valence-corrected chi connectivity index (χ1v) is 11.2. The summed E-state index contributed by atoms with van der Waals surface area (Å²) < 4.78 is 5.37. The van der Waals surface area contributed by atoms with E-state index in [1.54, 1.807) is 7.11 Å². The van der Waals surface area contributed by atoms with Crippen molar-refractivity contribution in [2.45, 2.75) is 12.6 Å². The average molecular weight is 430 g/mol. The number of methoxy groups -OCH3 is 1. The number of amides is 1. The number of para-hydroxylation sites is 1. The molecule has 1 aliphatic heterocycles. The summed E-state index contributed by atoms with van der Waals surface area (Å²) in [6.07, 6.45) is 0. The fraction of sp³-hybridized carbons (Fsp3) is 0.296. The van der Waals surface area contributed by atoms with Crippen LogP contribution >= 0.6 is 0 Å². The number of ether oxygens (including phenoxy) is 1. The zero-order chi connectivity index (χ0) is 22.2. The van der Waals surface area contributed by atoms with E-state index in [0.29, 0.717) is 13.1 Å². The summed E-state index contributed by atoms with van der Waals surface area (Å²) >= 11 is 0. The second-order valence-electron chi connectivity index (χ2n) is 8.12. The van der Waals surface area contributed by atoms with Crippen molar-refractivity contribution < 1.29 is 9.53 Å². The molecule has 1 heterocycles. The molecule has 0 atom stereocenters. The number of nitrogens with zero attached hydrogens (tertiary/aromatic N) is 2. The van der Waals surface area contributed by atoms with Crippen molar-refractivity contribution in [3.63, 3.8) is 0 Å². The molecule has 1 N–H and O–H groups in total. The predicted octanol–water partition coefficient (Wildman–Crippen LogP) is 3.72. The summed E-state index contributed by atoms with van der Waals surface area (Å²) in [5.74, 6) is 0.848. The number of hydrogen-bond donors (Lipinski definition) is 1. The minimum atomic E-state index is 0.0482. The second-order valence-corrected chi connectivity index (χ2v) is 8.12. The van der Waals surface area contributed by atoms with Gasteiger partial charge >= 0.3 is 0 Å². The van der Waals surface area contributed by atoms with E-state index in [4.69, 9.17) is 4.74 Å². The van der Waals surface area contributed by atoms with Crippen LogP contribution in [0.2, 0.25) is 0 Å². The largest absolute Gasteiger partial charge is 0.496 e. The number of carbonyl (C=O) groups is 1. The molecule has 0 unspecified atom stereocenters. The topological polar surface area (TPSA) is 44.8 Å². The molecular formula is C27H31N3O2. The maximum Gasteiger partial charge on any atom is 0.234 e. The molecule has 0 aromatic heterocycles. The van der Waals surface area contributed by atoms with Crippen molar-refractivity contribution in [2.24, 2.45) is 0 Å². The van der Waals surface area contributed by atoms with Crippen LogP contribution in [0.5, 0.6) is 5.75 Å². The molecular weight excluding hydrogens is 398 g/mol. The molecule has 4 rings (SSSR count). The van der Waals surface area contributed by atoms with E-state index >= 15 is 0 Å². The maximum atomic E-state index is 12.5. The lowest BCUT2D eigenvalue weighted by molar-refractivity contribution is -0.122. The molecule has 1 fully saturated rings. The van der Waals surface area contributed by atoms with Crippen LogP contribution in [0.1, 0.15) is 22.7 Å². The van der Waals surface area contributed by atoms with Crippen LogP contribution in [0.4, 0.5) is 0 Å². The Hall–Kier alpha value is -3.15. The first-order valence-electron chi connectivity index (χ1n) is 11.2. The van der Waals surface area contributed by atoms with E-state index in [1.807, 2.05) is 24.3 Å². The SMILES string of the molecule is COc1ccccc1CNC(=O)CN1CCN(C(c2ccccc2)c2ccccc2)CC1. The van der Waals surface area contributed by atoms with Crippen molar-refractivity contribution in [2.75, 3.05) is 39.8 Å². The summed E-state index contributed by atoms with van der Waals surface area (Å²) in [5.41, 5.74) is 3.60. The van der Waals surface area contributed by atoms with Crippen LogP contribution in [0.15, 0.2) is 84.9 Å². The zero-order valence-electron chi connectivity index (χ0n) is 18.6. The smallest absolute Gasteiger partial charge is 0.234 e. The van der Waals surface area contributed by atoms with Crippen LogP contribution in [-0.4, -0.2) is 55.5 Å². The van der Waals surface area contributed by atoms with Gasteiger partial charge in [0.1, 0.15) is 5.75 Å². The first-order chi connectivity index (χ1) is 15.7. The Kier molecular flexibility index (Phi) is 7.54. The van der Waals surface area contributed by atoms with Gasteiger partial charge < -0.3 is 10.1 Å². The van der Waals surface area contributed by atoms with Gasteiger partial charge in [0.15, 0.2) is 0 Å². The Morgan fingerprint density at radius 2 is 1.41 bits per heavy atom. The van der Waals surface area contributed by atoms with Gasteiger partial charge in [-0.05, 0) is 17.2 Å². The van der Waals surface area contributed by atoms with Gasteiger partial charge in [0.05, 0.1) is 19.7 Å². The summed E-state index contributed by atoms with van der Waals surface area (Å²) in [6, 6.07) is 29.4. The number of nitrogens with one attached hydrogen (secondary N) is 1. The van der Waals surface area contributed by atoms with Gasteiger partial charge in [-0.3, -0.25) is 14.6 Å². The van der Waals surface area contributed by atoms with Gasteiger partial charge in [-0.15, -0.1) is 0 Å². The average Bonchev–Trinajstić information content (AvgIpc) is 2.85. The number of rotatable bonds is 8. The zero-order valence-corrected chi connectivity index (χ0v) is 18.6. The quantitative estimate of drug-likeness (QED) is 0.593. The lowest BCUT2D eigenvalue weighted by Gasteiger charge is -2.39. The van der Waals surface area contributed by atoms with Gasteiger partial charge in [-0.2, -0.15) is 0 Å². The minimum absolute atomic E-state index is 0.0482. The van der Waals surface area contributed by atoms with Crippen molar-refractivity contribution in [3.8, 4) is 5.75 Å². The lowest BCUT2D eigenvalue weighted by Crippen LogP contribution is -2.50. The van der Waals surface area contributed by atoms with E-state index in [1.165, 1.54) is 11.1 Å². The molecule has 0 radical (unpaired) electrons. The number of piperazine rings is 1. The Morgan fingerprint density at radius 3 is 2.00 bits per heavy atom. The van der Waals surface area contributed by atoms with Gasteiger partial charge in [-0.1, -0.05) is 78.9 Å². The molecule has 0 spiro atoms. The molecule has 3 aromatic rings. The highest BCUT2D eigenvalue weighted by molar-refractivity contribution is 5.78.